The van der Waals surface area contributed by atoms with Gasteiger partial charge in [0.25, 0.3) is 5.91 Å². The summed E-state index contributed by atoms with van der Waals surface area (Å²) in [7, 11) is 1.43. The van der Waals surface area contributed by atoms with Crippen LogP contribution in [0.2, 0.25) is 0 Å². The van der Waals surface area contributed by atoms with Crippen molar-refractivity contribution >= 4 is 23.5 Å². The Hall–Kier alpha value is -2.77. The van der Waals surface area contributed by atoms with E-state index in [9.17, 15) is 14.4 Å². The molecule has 0 bridgehead atoms. The van der Waals surface area contributed by atoms with Gasteiger partial charge in [0.1, 0.15) is 11.8 Å². The first kappa shape index (κ1) is 16.3. The number of rotatable bonds is 7. The maximum Gasteiger partial charge on any atom is 0.326 e. The minimum absolute atomic E-state index is 0.0969. The van der Waals surface area contributed by atoms with E-state index in [4.69, 9.17) is 21.3 Å². The van der Waals surface area contributed by atoms with Crippen LogP contribution in [0.4, 0.5) is 5.69 Å². The molecule has 6 N–H and O–H groups in total. The maximum atomic E-state index is 12.1. The van der Waals surface area contributed by atoms with Crippen LogP contribution in [0, 0.1) is 0 Å². The molecule has 0 aromatic heterocycles. The molecular formula is C13H17N3O5. The van der Waals surface area contributed by atoms with E-state index in [0.717, 1.165) is 0 Å². The molecule has 0 aliphatic rings. The quantitative estimate of drug-likeness (QED) is 0.509. The van der Waals surface area contributed by atoms with Gasteiger partial charge < -0.3 is 26.6 Å². The normalized spacial score (nSPS) is 11.5. The molecule has 0 unspecified atom stereocenters. The van der Waals surface area contributed by atoms with Gasteiger partial charge in [-0.1, -0.05) is 0 Å². The molecular weight excluding hydrogens is 278 g/mol. The number of primary amides is 1. The lowest BCUT2D eigenvalue weighted by molar-refractivity contribution is -0.139. The van der Waals surface area contributed by atoms with Crippen LogP contribution in [0.5, 0.6) is 5.75 Å². The van der Waals surface area contributed by atoms with Gasteiger partial charge in [0.05, 0.1) is 12.7 Å². The predicted molar refractivity (Wildman–Crippen MR) is 74.7 cm³/mol. The van der Waals surface area contributed by atoms with Crippen molar-refractivity contribution < 1.29 is 24.2 Å². The summed E-state index contributed by atoms with van der Waals surface area (Å²) < 4.78 is 4.98. The van der Waals surface area contributed by atoms with Crippen molar-refractivity contribution in [3.8, 4) is 5.75 Å². The highest BCUT2D eigenvalue weighted by Gasteiger charge is 2.22. The van der Waals surface area contributed by atoms with Crippen LogP contribution >= 0.6 is 0 Å². The van der Waals surface area contributed by atoms with Crippen molar-refractivity contribution in [1.29, 1.82) is 0 Å². The molecule has 0 saturated heterocycles. The first-order valence-corrected chi connectivity index (χ1v) is 6.10. The number of anilines is 1. The first-order chi connectivity index (χ1) is 9.85. The van der Waals surface area contributed by atoms with Crippen molar-refractivity contribution in [2.24, 2.45) is 5.73 Å². The third-order valence-electron chi connectivity index (χ3n) is 2.79. The summed E-state index contributed by atoms with van der Waals surface area (Å²) in [6, 6.07) is 3.23. The van der Waals surface area contributed by atoms with Crippen molar-refractivity contribution in [3.63, 3.8) is 0 Å². The molecule has 1 aromatic rings. The number of methoxy groups -OCH3 is 1. The molecule has 0 aliphatic heterocycles. The number of carbonyl (C=O) groups is 3. The van der Waals surface area contributed by atoms with Gasteiger partial charge >= 0.3 is 5.97 Å². The van der Waals surface area contributed by atoms with Crippen molar-refractivity contribution in [3.05, 3.63) is 23.8 Å². The number of carboxylic acids is 1. The lowest BCUT2D eigenvalue weighted by Gasteiger charge is -2.15. The lowest BCUT2D eigenvalue weighted by Crippen LogP contribution is -2.41. The van der Waals surface area contributed by atoms with Gasteiger partial charge in [-0.15, -0.1) is 0 Å². The molecule has 1 aromatic carbocycles. The number of benzene rings is 1. The SMILES string of the molecule is COc1ccc(N)c(C(=O)N[C@@H](CCC(N)=O)C(=O)O)c1. The number of nitrogens with two attached hydrogens (primary N) is 2. The summed E-state index contributed by atoms with van der Waals surface area (Å²) >= 11 is 0. The summed E-state index contributed by atoms with van der Waals surface area (Å²) in [5.41, 5.74) is 10.9. The standard InChI is InChI=1S/C13H17N3O5/c1-21-7-2-3-9(14)8(6-7)12(18)16-10(13(19)20)4-5-11(15)17/h2-3,6,10H,4-5,14H2,1H3,(H2,15,17)(H,16,18)(H,19,20)/t10-/m0/s1. The number of ether oxygens (including phenoxy) is 1. The van der Waals surface area contributed by atoms with Crippen molar-refractivity contribution in [2.75, 3.05) is 12.8 Å². The van der Waals surface area contributed by atoms with E-state index >= 15 is 0 Å². The fourth-order valence-corrected chi connectivity index (χ4v) is 1.64. The first-order valence-electron chi connectivity index (χ1n) is 6.10. The smallest absolute Gasteiger partial charge is 0.326 e. The number of carbonyl (C=O) groups excluding carboxylic acids is 2. The Balaban J connectivity index is 2.86. The largest absolute Gasteiger partial charge is 0.497 e. The second-order valence-corrected chi connectivity index (χ2v) is 4.32. The third kappa shape index (κ3) is 4.68. The zero-order valence-corrected chi connectivity index (χ0v) is 11.5. The third-order valence-corrected chi connectivity index (χ3v) is 2.79. The average molecular weight is 295 g/mol. The van der Waals surface area contributed by atoms with E-state index < -0.39 is 23.8 Å². The molecule has 0 spiro atoms. The Morgan fingerprint density at radius 2 is 2.05 bits per heavy atom. The number of nitrogen functional groups attached to an aromatic ring is 1. The molecule has 114 valence electrons. The van der Waals surface area contributed by atoms with Crippen LogP contribution in [-0.2, 0) is 9.59 Å². The molecule has 2 amide bonds. The minimum atomic E-state index is -1.26. The maximum absolute atomic E-state index is 12.1. The van der Waals surface area contributed by atoms with Crippen LogP contribution in [0.1, 0.15) is 23.2 Å². The number of amides is 2. The molecule has 0 heterocycles. The summed E-state index contributed by atoms with van der Waals surface area (Å²) in [6.07, 6.45) is -0.245. The van der Waals surface area contributed by atoms with Crippen LogP contribution in [0.3, 0.4) is 0 Å². The lowest BCUT2D eigenvalue weighted by atomic mass is 10.1. The molecule has 0 saturated carbocycles. The minimum Gasteiger partial charge on any atom is -0.497 e. The van der Waals surface area contributed by atoms with Crippen LogP contribution in [-0.4, -0.2) is 36.0 Å². The van der Waals surface area contributed by atoms with Gasteiger partial charge in [-0.2, -0.15) is 0 Å². The second-order valence-electron chi connectivity index (χ2n) is 4.32. The monoisotopic (exact) mass is 295 g/mol. The van der Waals surface area contributed by atoms with E-state index in [1.807, 2.05) is 0 Å². The number of nitrogens with one attached hydrogen (secondary N) is 1. The number of hydrogen-bond donors (Lipinski definition) is 4. The summed E-state index contributed by atoms with van der Waals surface area (Å²) in [4.78, 5) is 33.8. The zero-order valence-electron chi connectivity index (χ0n) is 11.5. The molecule has 8 heteroatoms. The average Bonchev–Trinajstić information content (AvgIpc) is 2.43. The van der Waals surface area contributed by atoms with Gasteiger partial charge in [-0.3, -0.25) is 9.59 Å². The Kier molecular flexibility index (Phi) is 5.53. The van der Waals surface area contributed by atoms with E-state index in [0.29, 0.717) is 5.75 Å². The van der Waals surface area contributed by atoms with Gasteiger partial charge in [0.2, 0.25) is 5.91 Å². The zero-order chi connectivity index (χ0) is 16.0. The van der Waals surface area contributed by atoms with Gasteiger partial charge in [0.15, 0.2) is 0 Å². The van der Waals surface area contributed by atoms with E-state index in [2.05, 4.69) is 5.32 Å². The van der Waals surface area contributed by atoms with E-state index in [1.54, 1.807) is 6.07 Å². The highest BCUT2D eigenvalue weighted by molar-refractivity contribution is 6.01. The van der Waals surface area contributed by atoms with E-state index in [1.165, 1.54) is 19.2 Å². The van der Waals surface area contributed by atoms with Gasteiger partial charge in [-0.05, 0) is 24.6 Å². The predicted octanol–water partition coefficient (Wildman–Crippen LogP) is -0.274. The van der Waals surface area contributed by atoms with Crippen LogP contribution < -0.4 is 21.5 Å². The Labute approximate surface area is 121 Å². The fraction of sp³-hybridized carbons (Fsp3) is 0.308. The summed E-state index contributed by atoms with van der Waals surface area (Å²) in [5.74, 6) is -2.15. The highest BCUT2D eigenvalue weighted by atomic mass is 16.5. The summed E-state index contributed by atoms with van der Waals surface area (Å²) in [5, 5.41) is 11.3. The Morgan fingerprint density at radius 3 is 2.57 bits per heavy atom. The molecule has 1 rings (SSSR count). The molecule has 0 radical (unpaired) electrons. The topological polar surface area (TPSA) is 145 Å². The number of aliphatic carboxylic acids is 1. The van der Waals surface area contributed by atoms with E-state index in [-0.39, 0.29) is 24.1 Å². The van der Waals surface area contributed by atoms with Gasteiger partial charge in [-0.25, -0.2) is 4.79 Å². The summed E-state index contributed by atoms with van der Waals surface area (Å²) in [6.45, 7) is 0. The van der Waals surface area contributed by atoms with Gasteiger partial charge in [0, 0.05) is 12.1 Å². The number of carboxylic acid groups (broad SMARTS) is 1. The van der Waals surface area contributed by atoms with Crippen molar-refractivity contribution in [2.45, 2.75) is 18.9 Å². The fourth-order valence-electron chi connectivity index (χ4n) is 1.64. The molecule has 1 atom stereocenters. The molecule has 8 nitrogen and oxygen atoms in total. The molecule has 0 aliphatic carbocycles. The Morgan fingerprint density at radius 1 is 1.38 bits per heavy atom. The number of hydrogen-bond acceptors (Lipinski definition) is 5. The highest BCUT2D eigenvalue weighted by Crippen LogP contribution is 2.19. The second kappa shape index (κ2) is 7.13. The van der Waals surface area contributed by atoms with Crippen molar-refractivity contribution in [1.82, 2.24) is 5.32 Å². The van der Waals surface area contributed by atoms with Crippen LogP contribution in [0.25, 0.3) is 0 Å². The molecule has 21 heavy (non-hydrogen) atoms. The molecule has 0 fully saturated rings. The van der Waals surface area contributed by atoms with Crippen LogP contribution in [0.15, 0.2) is 18.2 Å². The Bertz CT molecular complexity index is 559.